The van der Waals surface area contributed by atoms with E-state index in [4.69, 9.17) is 11.2 Å². The predicted molar refractivity (Wildman–Crippen MR) is 56.9 cm³/mol. The summed E-state index contributed by atoms with van der Waals surface area (Å²) >= 11 is 0. The summed E-state index contributed by atoms with van der Waals surface area (Å²) in [7, 11) is 0. The number of hydrogen-bond acceptors (Lipinski definition) is 3. The van der Waals surface area contributed by atoms with E-state index in [0.29, 0.717) is 5.56 Å². The van der Waals surface area contributed by atoms with Crippen LogP contribution in [0.5, 0.6) is 0 Å². The van der Waals surface area contributed by atoms with E-state index in [1.165, 1.54) is 6.92 Å². The summed E-state index contributed by atoms with van der Waals surface area (Å²) in [5, 5.41) is 10.7. The van der Waals surface area contributed by atoms with Crippen LogP contribution in [0.25, 0.3) is 0 Å². The summed E-state index contributed by atoms with van der Waals surface area (Å²) in [5.74, 6) is -1.16. The molecular weight excluding hydrogens is 210 g/mol. The maximum atomic E-state index is 11.2. The van der Waals surface area contributed by atoms with Crippen molar-refractivity contribution in [2.24, 2.45) is 0 Å². The van der Waals surface area contributed by atoms with Crippen molar-refractivity contribution in [1.82, 2.24) is 5.32 Å². The molecule has 16 heavy (non-hydrogen) atoms. The molecular formula is C11H13NO4. The van der Waals surface area contributed by atoms with E-state index in [0.717, 1.165) is 0 Å². The highest BCUT2D eigenvalue weighted by molar-refractivity contribution is 5.79. The van der Waals surface area contributed by atoms with Gasteiger partial charge in [-0.2, -0.15) is 0 Å². The molecule has 0 fully saturated rings. The molecule has 0 radical (unpaired) electrons. The first-order valence-electron chi connectivity index (χ1n) is 5.25. The lowest BCUT2D eigenvalue weighted by atomic mass is 10.2. The van der Waals surface area contributed by atoms with Crippen LogP contribution in [-0.2, 0) is 16.1 Å². The maximum Gasteiger partial charge on any atom is 0.408 e. The highest BCUT2D eigenvalue weighted by atomic mass is 16.5. The van der Waals surface area contributed by atoms with Crippen molar-refractivity contribution in [2.75, 3.05) is 0 Å². The third-order valence-corrected chi connectivity index (χ3v) is 1.81. The van der Waals surface area contributed by atoms with Crippen molar-refractivity contribution in [3.63, 3.8) is 0 Å². The molecule has 86 valence electrons. The third-order valence-electron chi connectivity index (χ3n) is 1.81. The molecule has 0 spiro atoms. The Balaban J connectivity index is 2.49. The lowest BCUT2D eigenvalue weighted by molar-refractivity contribution is -0.138. The Kier molecular flexibility index (Phi) is 3.76. The summed E-state index contributed by atoms with van der Waals surface area (Å²) in [5.41, 5.74) is 0.519. The van der Waals surface area contributed by atoms with Gasteiger partial charge in [0.1, 0.15) is 12.6 Å². The van der Waals surface area contributed by atoms with Gasteiger partial charge in [-0.3, -0.25) is 4.79 Å². The van der Waals surface area contributed by atoms with Crippen LogP contribution < -0.4 is 5.32 Å². The summed E-state index contributed by atoms with van der Waals surface area (Å²) in [6.07, 6.45) is -0.927. The van der Waals surface area contributed by atoms with Crippen LogP contribution in [0.1, 0.15) is 13.9 Å². The van der Waals surface area contributed by atoms with Gasteiger partial charge >= 0.3 is 12.1 Å². The summed E-state index contributed by atoms with van der Waals surface area (Å²) in [6, 6.07) is 7.46. The second-order valence-electron chi connectivity index (χ2n) is 3.14. The highest BCUT2D eigenvalue weighted by Gasteiger charge is 2.14. The fourth-order valence-corrected chi connectivity index (χ4v) is 0.926. The van der Waals surface area contributed by atoms with E-state index in [-0.39, 0.29) is 0 Å². The van der Waals surface area contributed by atoms with Gasteiger partial charge < -0.3 is 15.2 Å². The van der Waals surface area contributed by atoms with Gasteiger partial charge in [-0.05, 0) is 12.5 Å². The standard InChI is InChI=1S/C11H13NO4/c1-8(10(13)14)12-11(15)16-7-9-5-3-2-4-6-9/h2-6,8H,7H2,1H3,(H,12,15)(H,13,14)/t8-/m0/s1/i7D/t7?,8-. The molecule has 2 atom stereocenters. The van der Waals surface area contributed by atoms with Crippen molar-refractivity contribution >= 4 is 12.1 Å². The minimum absolute atomic E-state index is 0.519. The number of alkyl carbamates (subject to hydrolysis) is 1. The Hall–Kier alpha value is -2.04. The second kappa shape index (κ2) is 5.75. The normalized spacial score (nSPS) is 14.4. The van der Waals surface area contributed by atoms with Gasteiger partial charge in [0.2, 0.25) is 0 Å². The fraction of sp³-hybridized carbons (Fsp3) is 0.273. The molecule has 0 aliphatic rings. The SMILES string of the molecule is [2H]C(OC(=O)N[C@@H](C)C(=O)O)c1ccccc1. The molecule has 0 bridgehead atoms. The molecule has 1 aromatic rings. The lowest BCUT2D eigenvalue weighted by Crippen LogP contribution is -2.38. The smallest absolute Gasteiger partial charge is 0.408 e. The molecule has 1 amide bonds. The largest absolute Gasteiger partial charge is 0.480 e. The zero-order valence-electron chi connectivity index (χ0n) is 9.71. The number of benzene rings is 1. The van der Waals surface area contributed by atoms with Crippen LogP contribution in [0.2, 0.25) is 0 Å². The van der Waals surface area contributed by atoms with Crippen LogP contribution in [0.15, 0.2) is 30.3 Å². The van der Waals surface area contributed by atoms with E-state index < -0.39 is 24.7 Å². The number of aliphatic carboxylic acids is 1. The van der Waals surface area contributed by atoms with E-state index >= 15 is 0 Å². The predicted octanol–water partition coefficient (Wildman–Crippen LogP) is 1.39. The zero-order chi connectivity index (χ0) is 12.8. The second-order valence-corrected chi connectivity index (χ2v) is 3.14. The molecule has 0 aliphatic carbocycles. The number of nitrogens with one attached hydrogen (secondary N) is 1. The van der Waals surface area contributed by atoms with Crippen molar-refractivity contribution in [3.05, 3.63) is 35.9 Å². The van der Waals surface area contributed by atoms with Gasteiger partial charge in [0.05, 0.1) is 1.37 Å². The molecule has 2 N–H and O–H groups in total. The molecule has 0 aliphatic heterocycles. The molecule has 1 aromatic carbocycles. The van der Waals surface area contributed by atoms with Crippen LogP contribution in [0, 0.1) is 0 Å². The Morgan fingerprint density at radius 1 is 1.50 bits per heavy atom. The van der Waals surface area contributed by atoms with E-state index in [2.05, 4.69) is 5.32 Å². The van der Waals surface area contributed by atoms with Gasteiger partial charge in [0.25, 0.3) is 0 Å². The van der Waals surface area contributed by atoms with Gasteiger partial charge in [-0.15, -0.1) is 0 Å². The number of carboxylic acids is 1. The summed E-state index contributed by atoms with van der Waals surface area (Å²) < 4.78 is 12.3. The average Bonchev–Trinajstić information content (AvgIpc) is 2.29. The topological polar surface area (TPSA) is 75.6 Å². The molecule has 5 nitrogen and oxygen atoms in total. The van der Waals surface area contributed by atoms with Gasteiger partial charge in [-0.25, -0.2) is 4.79 Å². The molecule has 0 saturated carbocycles. The van der Waals surface area contributed by atoms with Crippen molar-refractivity contribution < 1.29 is 20.8 Å². The average molecular weight is 224 g/mol. The summed E-state index contributed by atoms with van der Waals surface area (Å²) in [6.45, 7) is 0.141. The van der Waals surface area contributed by atoms with E-state index in [1.807, 2.05) is 0 Å². The summed E-state index contributed by atoms with van der Waals surface area (Å²) in [4.78, 5) is 21.7. The third kappa shape index (κ3) is 4.00. The zero-order valence-corrected chi connectivity index (χ0v) is 8.71. The minimum atomic E-state index is -1.17. The van der Waals surface area contributed by atoms with Crippen LogP contribution in [0.3, 0.4) is 0 Å². The molecule has 0 heterocycles. The molecule has 0 aromatic heterocycles. The van der Waals surface area contributed by atoms with Crippen LogP contribution in [0.4, 0.5) is 4.79 Å². The molecule has 0 saturated heterocycles. The molecule has 1 unspecified atom stereocenters. The first-order chi connectivity index (χ1) is 8.00. The molecule has 1 rings (SSSR count). The monoisotopic (exact) mass is 224 g/mol. The minimum Gasteiger partial charge on any atom is -0.480 e. The van der Waals surface area contributed by atoms with Crippen LogP contribution >= 0.6 is 0 Å². The van der Waals surface area contributed by atoms with Gasteiger partial charge in [-0.1, -0.05) is 30.3 Å². The first kappa shape index (κ1) is 10.5. The Bertz CT molecular complexity index is 396. The number of carbonyl (C=O) groups is 2. The van der Waals surface area contributed by atoms with Gasteiger partial charge in [0.15, 0.2) is 0 Å². The number of carbonyl (C=O) groups excluding carboxylic acids is 1. The van der Waals surface area contributed by atoms with Crippen molar-refractivity contribution in [1.29, 1.82) is 0 Å². The first-order valence-corrected chi connectivity index (χ1v) is 4.68. The number of hydrogen-bond donors (Lipinski definition) is 2. The number of rotatable bonds is 4. The number of amides is 1. The highest BCUT2D eigenvalue weighted by Crippen LogP contribution is 2.00. The molecule has 5 heteroatoms. The Morgan fingerprint density at radius 2 is 2.12 bits per heavy atom. The van der Waals surface area contributed by atoms with E-state index in [9.17, 15) is 9.59 Å². The Morgan fingerprint density at radius 3 is 2.69 bits per heavy atom. The maximum absolute atomic E-state index is 11.2. The van der Waals surface area contributed by atoms with Crippen LogP contribution in [-0.4, -0.2) is 23.2 Å². The lowest BCUT2D eigenvalue weighted by Gasteiger charge is -2.09. The quantitative estimate of drug-likeness (QED) is 0.810. The Labute approximate surface area is 94.4 Å². The van der Waals surface area contributed by atoms with Gasteiger partial charge in [0, 0.05) is 0 Å². The van der Waals surface area contributed by atoms with E-state index in [1.54, 1.807) is 30.3 Å². The van der Waals surface area contributed by atoms with Crippen molar-refractivity contribution in [2.45, 2.75) is 19.5 Å². The van der Waals surface area contributed by atoms with Crippen molar-refractivity contribution in [3.8, 4) is 0 Å². The number of carboxylic acid groups (broad SMARTS) is 1. The number of ether oxygens (including phenoxy) is 1. The fourth-order valence-electron chi connectivity index (χ4n) is 0.926.